The number of aromatic nitrogens is 3. The van der Waals surface area contributed by atoms with Crippen molar-refractivity contribution in [3.05, 3.63) is 28.8 Å². The van der Waals surface area contributed by atoms with Gasteiger partial charge in [-0.05, 0) is 18.9 Å². The minimum absolute atomic E-state index is 0.510. The summed E-state index contributed by atoms with van der Waals surface area (Å²) in [4.78, 5) is 17.8. The standard InChI is InChI=1S/C14H19N5S/c1-18(2)12-5-6-16-14(17-12)19-8-3-4-11(10-19)13-15-7-9-20-13/h5-7,9,11H,3-4,8,10H2,1-2H3. The first-order valence-corrected chi connectivity index (χ1v) is 7.76. The smallest absolute Gasteiger partial charge is 0.227 e. The van der Waals surface area contributed by atoms with E-state index in [1.807, 2.05) is 37.5 Å². The Hall–Kier alpha value is -1.69. The van der Waals surface area contributed by atoms with E-state index in [4.69, 9.17) is 0 Å². The molecule has 0 bridgehead atoms. The fourth-order valence-corrected chi connectivity index (χ4v) is 3.30. The van der Waals surface area contributed by atoms with Gasteiger partial charge in [-0.1, -0.05) is 0 Å². The van der Waals surface area contributed by atoms with Crippen molar-refractivity contribution in [3.8, 4) is 0 Å². The Kier molecular flexibility index (Phi) is 3.82. The first-order chi connectivity index (χ1) is 9.74. The molecule has 0 aromatic carbocycles. The highest BCUT2D eigenvalue weighted by molar-refractivity contribution is 7.09. The molecule has 0 spiro atoms. The average Bonchev–Trinajstić information content (AvgIpc) is 3.02. The Morgan fingerprint density at radius 2 is 2.20 bits per heavy atom. The maximum atomic E-state index is 4.64. The summed E-state index contributed by atoms with van der Waals surface area (Å²) in [5.41, 5.74) is 0. The van der Waals surface area contributed by atoms with E-state index in [9.17, 15) is 0 Å². The van der Waals surface area contributed by atoms with Crippen LogP contribution in [0.25, 0.3) is 0 Å². The van der Waals surface area contributed by atoms with Gasteiger partial charge in [0.05, 0.1) is 5.01 Å². The van der Waals surface area contributed by atoms with Crippen molar-refractivity contribution in [2.24, 2.45) is 0 Å². The van der Waals surface area contributed by atoms with Gasteiger partial charge in [0.25, 0.3) is 0 Å². The van der Waals surface area contributed by atoms with Crippen molar-refractivity contribution in [3.63, 3.8) is 0 Å². The Morgan fingerprint density at radius 3 is 2.95 bits per heavy atom. The number of nitrogens with zero attached hydrogens (tertiary/aromatic N) is 5. The lowest BCUT2D eigenvalue weighted by atomic mass is 9.99. The molecule has 0 aliphatic carbocycles. The summed E-state index contributed by atoms with van der Waals surface area (Å²) < 4.78 is 0. The predicted octanol–water partition coefficient (Wildman–Crippen LogP) is 2.38. The van der Waals surface area contributed by atoms with Crippen LogP contribution in [0.2, 0.25) is 0 Å². The van der Waals surface area contributed by atoms with E-state index in [0.29, 0.717) is 5.92 Å². The van der Waals surface area contributed by atoms with E-state index in [1.54, 1.807) is 11.3 Å². The molecule has 1 fully saturated rings. The zero-order chi connectivity index (χ0) is 13.9. The molecule has 0 amide bonds. The summed E-state index contributed by atoms with van der Waals surface area (Å²) in [5.74, 6) is 2.29. The molecule has 1 aliphatic rings. The number of rotatable bonds is 3. The third-order valence-electron chi connectivity index (χ3n) is 3.59. The van der Waals surface area contributed by atoms with E-state index < -0.39 is 0 Å². The molecule has 0 saturated carbocycles. The number of hydrogen-bond acceptors (Lipinski definition) is 6. The molecule has 5 nitrogen and oxygen atoms in total. The van der Waals surface area contributed by atoms with E-state index in [-0.39, 0.29) is 0 Å². The quantitative estimate of drug-likeness (QED) is 0.868. The van der Waals surface area contributed by atoms with Crippen LogP contribution in [0.1, 0.15) is 23.8 Å². The maximum Gasteiger partial charge on any atom is 0.227 e. The van der Waals surface area contributed by atoms with E-state index in [2.05, 4.69) is 25.2 Å². The summed E-state index contributed by atoms with van der Waals surface area (Å²) in [6.07, 6.45) is 6.10. The first kappa shape index (κ1) is 13.3. The Morgan fingerprint density at radius 1 is 1.30 bits per heavy atom. The van der Waals surface area contributed by atoms with Crippen LogP contribution < -0.4 is 9.80 Å². The molecule has 1 saturated heterocycles. The second kappa shape index (κ2) is 5.75. The molecule has 6 heteroatoms. The van der Waals surface area contributed by atoms with Crippen molar-refractivity contribution >= 4 is 23.1 Å². The van der Waals surface area contributed by atoms with Gasteiger partial charge in [-0.25, -0.2) is 9.97 Å². The highest BCUT2D eigenvalue weighted by Crippen LogP contribution is 2.29. The topological polar surface area (TPSA) is 45.2 Å². The van der Waals surface area contributed by atoms with Crippen LogP contribution >= 0.6 is 11.3 Å². The molecule has 1 atom stereocenters. The lowest BCUT2D eigenvalue weighted by molar-refractivity contribution is 0.502. The molecular formula is C14H19N5S. The van der Waals surface area contributed by atoms with Crippen molar-refractivity contribution in [2.45, 2.75) is 18.8 Å². The van der Waals surface area contributed by atoms with E-state index >= 15 is 0 Å². The third-order valence-corrected chi connectivity index (χ3v) is 4.53. The Bertz CT molecular complexity index is 554. The Balaban J connectivity index is 1.78. The monoisotopic (exact) mass is 289 g/mol. The molecule has 3 heterocycles. The van der Waals surface area contributed by atoms with Crippen molar-refractivity contribution < 1.29 is 0 Å². The van der Waals surface area contributed by atoms with Gasteiger partial charge in [0.15, 0.2) is 0 Å². The van der Waals surface area contributed by atoms with Gasteiger partial charge in [-0.15, -0.1) is 11.3 Å². The van der Waals surface area contributed by atoms with Crippen LogP contribution in [0.4, 0.5) is 11.8 Å². The van der Waals surface area contributed by atoms with E-state index in [1.165, 1.54) is 17.8 Å². The molecule has 0 radical (unpaired) electrons. The summed E-state index contributed by atoms with van der Waals surface area (Å²) >= 11 is 1.75. The molecular weight excluding hydrogens is 270 g/mol. The first-order valence-electron chi connectivity index (χ1n) is 6.89. The Labute approximate surface area is 123 Å². The second-order valence-electron chi connectivity index (χ2n) is 5.26. The summed E-state index contributed by atoms with van der Waals surface area (Å²) in [7, 11) is 4.00. The third kappa shape index (κ3) is 2.75. The molecule has 106 valence electrons. The fourth-order valence-electron chi connectivity index (χ4n) is 2.54. The molecule has 1 unspecified atom stereocenters. The number of hydrogen-bond donors (Lipinski definition) is 0. The molecule has 2 aromatic rings. The van der Waals surface area contributed by atoms with Crippen LogP contribution in [0, 0.1) is 0 Å². The van der Waals surface area contributed by atoms with Crippen LogP contribution in [-0.2, 0) is 0 Å². The molecule has 1 aliphatic heterocycles. The van der Waals surface area contributed by atoms with E-state index in [0.717, 1.165) is 24.9 Å². The number of anilines is 2. The van der Waals surface area contributed by atoms with Gasteiger partial charge >= 0.3 is 0 Å². The van der Waals surface area contributed by atoms with Gasteiger partial charge in [0.1, 0.15) is 5.82 Å². The summed E-state index contributed by atoms with van der Waals surface area (Å²) in [6, 6.07) is 1.94. The van der Waals surface area contributed by atoms with Crippen molar-refractivity contribution in [1.82, 2.24) is 15.0 Å². The minimum Gasteiger partial charge on any atom is -0.363 e. The summed E-state index contributed by atoms with van der Waals surface area (Å²) in [5, 5.41) is 3.29. The zero-order valence-electron chi connectivity index (χ0n) is 11.9. The van der Waals surface area contributed by atoms with Crippen LogP contribution in [0.5, 0.6) is 0 Å². The van der Waals surface area contributed by atoms with Crippen molar-refractivity contribution in [1.29, 1.82) is 0 Å². The fraction of sp³-hybridized carbons (Fsp3) is 0.500. The normalized spacial score (nSPS) is 19.1. The van der Waals surface area contributed by atoms with Gasteiger partial charge in [0, 0.05) is 50.9 Å². The predicted molar refractivity (Wildman–Crippen MR) is 82.7 cm³/mol. The highest BCUT2D eigenvalue weighted by atomic mass is 32.1. The largest absolute Gasteiger partial charge is 0.363 e. The van der Waals surface area contributed by atoms with Crippen molar-refractivity contribution in [2.75, 3.05) is 37.0 Å². The zero-order valence-corrected chi connectivity index (χ0v) is 12.7. The summed E-state index contributed by atoms with van der Waals surface area (Å²) in [6.45, 7) is 1.99. The van der Waals surface area contributed by atoms with Gasteiger partial charge in [-0.2, -0.15) is 4.98 Å². The number of piperidine rings is 1. The van der Waals surface area contributed by atoms with Gasteiger partial charge in [0.2, 0.25) is 5.95 Å². The average molecular weight is 289 g/mol. The lowest BCUT2D eigenvalue weighted by Gasteiger charge is -2.32. The van der Waals surface area contributed by atoms with Gasteiger partial charge in [-0.3, -0.25) is 0 Å². The molecule has 2 aromatic heterocycles. The second-order valence-corrected chi connectivity index (χ2v) is 6.19. The molecule has 0 N–H and O–H groups in total. The minimum atomic E-state index is 0.510. The highest BCUT2D eigenvalue weighted by Gasteiger charge is 2.24. The SMILES string of the molecule is CN(C)c1ccnc(N2CCCC(c3nccs3)C2)n1. The lowest BCUT2D eigenvalue weighted by Crippen LogP contribution is -2.35. The maximum absolute atomic E-state index is 4.64. The van der Waals surface area contributed by atoms with Crippen LogP contribution in [-0.4, -0.2) is 42.1 Å². The molecule has 3 rings (SSSR count). The number of thiazole rings is 1. The van der Waals surface area contributed by atoms with Crippen LogP contribution in [0.15, 0.2) is 23.8 Å². The molecule has 20 heavy (non-hydrogen) atoms. The van der Waals surface area contributed by atoms with Gasteiger partial charge < -0.3 is 9.80 Å². The van der Waals surface area contributed by atoms with Crippen LogP contribution in [0.3, 0.4) is 0 Å².